The Bertz CT molecular complexity index is 1260. The highest BCUT2D eigenvalue weighted by Gasteiger charge is 2.20. The van der Waals surface area contributed by atoms with E-state index in [1.54, 1.807) is 24.3 Å². The van der Waals surface area contributed by atoms with E-state index >= 15 is 0 Å². The van der Waals surface area contributed by atoms with Crippen molar-refractivity contribution in [2.75, 3.05) is 22.5 Å². The molecule has 3 aromatic rings. The number of carboxylic acid groups (broad SMARTS) is 1. The van der Waals surface area contributed by atoms with E-state index in [0.717, 1.165) is 5.56 Å². The summed E-state index contributed by atoms with van der Waals surface area (Å²) in [5, 5.41) is 19.9. The second kappa shape index (κ2) is 12.8. The third-order valence-corrected chi connectivity index (χ3v) is 5.48. The first kappa shape index (κ1) is 26.9. The predicted octanol–water partition coefficient (Wildman–Crippen LogP) is 3.35. The summed E-state index contributed by atoms with van der Waals surface area (Å²) in [5.41, 5.74) is 9.02. The number of aromatic carboxylic acids is 1. The van der Waals surface area contributed by atoms with Crippen LogP contribution >= 0.6 is 0 Å². The molecule has 0 bridgehead atoms. The molecular formula is C27H29N5O5. The molecule has 1 atom stereocenters. The highest BCUT2D eigenvalue weighted by molar-refractivity contribution is 6.00. The van der Waals surface area contributed by atoms with E-state index in [-0.39, 0.29) is 36.9 Å². The standard InChI is InChI=1S/C27H29N5O5/c1-17-4-2-3-5-22(17)32-27(37)30-21-10-6-18(7-11-21)16-24(33)31-23(14-15-28)25(34)29-20-12-8-19(9-13-20)26(35)36/h2-13,23H,14-16,28H2,1H3,(H,29,34)(H,31,33)(H,35,36)(H2,30,32,37). The van der Waals surface area contributed by atoms with E-state index in [4.69, 9.17) is 10.8 Å². The number of hydrogen-bond acceptors (Lipinski definition) is 5. The van der Waals surface area contributed by atoms with Crippen LogP contribution in [0, 0.1) is 6.92 Å². The fourth-order valence-electron chi connectivity index (χ4n) is 3.50. The lowest BCUT2D eigenvalue weighted by atomic mass is 10.1. The predicted molar refractivity (Wildman–Crippen MR) is 142 cm³/mol. The molecule has 3 rings (SSSR count). The van der Waals surface area contributed by atoms with Crippen LogP contribution < -0.4 is 27.0 Å². The minimum absolute atomic E-state index is 0.0251. The van der Waals surface area contributed by atoms with Gasteiger partial charge in [-0.15, -0.1) is 0 Å². The van der Waals surface area contributed by atoms with Gasteiger partial charge in [-0.2, -0.15) is 0 Å². The average Bonchev–Trinajstić information content (AvgIpc) is 2.86. The van der Waals surface area contributed by atoms with Gasteiger partial charge in [0.25, 0.3) is 0 Å². The van der Waals surface area contributed by atoms with E-state index in [0.29, 0.717) is 22.6 Å². The van der Waals surface area contributed by atoms with Gasteiger partial charge in [0.15, 0.2) is 0 Å². The molecule has 0 aliphatic rings. The molecule has 10 heteroatoms. The number of hydrogen-bond donors (Lipinski definition) is 6. The van der Waals surface area contributed by atoms with E-state index in [2.05, 4.69) is 21.3 Å². The van der Waals surface area contributed by atoms with Crippen LogP contribution in [0.1, 0.15) is 27.9 Å². The third kappa shape index (κ3) is 8.18. The Morgan fingerprint density at radius 1 is 0.838 bits per heavy atom. The van der Waals surface area contributed by atoms with Crippen molar-refractivity contribution in [1.29, 1.82) is 0 Å². The SMILES string of the molecule is Cc1ccccc1NC(=O)Nc1ccc(CC(=O)NC(CCN)C(=O)Nc2ccc(C(=O)O)cc2)cc1. The number of anilines is 3. The van der Waals surface area contributed by atoms with Gasteiger partial charge in [-0.25, -0.2) is 9.59 Å². The summed E-state index contributed by atoms with van der Waals surface area (Å²) in [6, 6.07) is 18.7. The second-order valence-corrected chi connectivity index (χ2v) is 8.34. The van der Waals surface area contributed by atoms with Crippen molar-refractivity contribution in [2.45, 2.75) is 25.8 Å². The number of benzene rings is 3. The zero-order valence-electron chi connectivity index (χ0n) is 20.3. The Kier molecular flexibility index (Phi) is 9.34. The number of aryl methyl sites for hydroxylation is 1. The minimum atomic E-state index is -1.07. The first-order valence-electron chi connectivity index (χ1n) is 11.6. The number of carboxylic acids is 1. The number of para-hydroxylation sites is 1. The molecule has 0 fully saturated rings. The number of carbonyl (C=O) groups is 4. The summed E-state index contributed by atoms with van der Waals surface area (Å²) in [6.45, 7) is 2.08. The molecule has 0 saturated carbocycles. The van der Waals surface area contributed by atoms with E-state index in [1.807, 2.05) is 31.2 Å². The van der Waals surface area contributed by atoms with Crippen LogP contribution in [0.4, 0.5) is 21.9 Å². The van der Waals surface area contributed by atoms with E-state index < -0.39 is 17.9 Å². The fraction of sp³-hybridized carbons (Fsp3) is 0.185. The Labute approximate surface area is 214 Å². The Balaban J connectivity index is 1.52. The van der Waals surface area contributed by atoms with Gasteiger partial charge in [0.1, 0.15) is 6.04 Å². The maximum Gasteiger partial charge on any atom is 0.335 e. The van der Waals surface area contributed by atoms with Crippen LogP contribution in [0.2, 0.25) is 0 Å². The van der Waals surface area contributed by atoms with Gasteiger partial charge >= 0.3 is 12.0 Å². The van der Waals surface area contributed by atoms with E-state index in [9.17, 15) is 19.2 Å². The lowest BCUT2D eigenvalue weighted by Gasteiger charge is -2.18. The molecule has 3 aromatic carbocycles. The van der Waals surface area contributed by atoms with Gasteiger partial charge < -0.3 is 32.1 Å². The van der Waals surface area contributed by atoms with Crippen LogP contribution in [0.3, 0.4) is 0 Å². The maximum atomic E-state index is 12.7. The second-order valence-electron chi connectivity index (χ2n) is 8.34. The van der Waals surface area contributed by atoms with Crippen LogP contribution in [0.25, 0.3) is 0 Å². The normalized spacial score (nSPS) is 11.2. The number of rotatable bonds is 10. The fourth-order valence-corrected chi connectivity index (χ4v) is 3.50. The summed E-state index contributed by atoms with van der Waals surface area (Å²) in [5.74, 6) is -1.89. The summed E-state index contributed by atoms with van der Waals surface area (Å²) in [4.78, 5) is 48.5. The molecule has 0 aliphatic heterocycles. The van der Waals surface area contributed by atoms with Crippen molar-refractivity contribution < 1.29 is 24.3 Å². The number of carbonyl (C=O) groups excluding carboxylic acids is 3. The number of amides is 4. The first-order valence-corrected chi connectivity index (χ1v) is 11.6. The molecule has 0 aliphatic carbocycles. The van der Waals surface area contributed by atoms with Crippen LogP contribution in [-0.4, -0.2) is 41.5 Å². The smallest absolute Gasteiger partial charge is 0.335 e. The third-order valence-electron chi connectivity index (χ3n) is 5.48. The van der Waals surface area contributed by atoms with Crippen LogP contribution in [-0.2, 0) is 16.0 Å². The molecule has 1 unspecified atom stereocenters. The summed E-state index contributed by atoms with van der Waals surface area (Å²) < 4.78 is 0. The molecule has 10 nitrogen and oxygen atoms in total. The molecule has 0 aromatic heterocycles. The quantitative estimate of drug-likeness (QED) is 0.248. The van der Waals surface area contributed by atoms with Crippen LogP contribution in [0.5, 0.6) is 0 Å². The van der Waals surface area contributed by atoms with Crippen molar-refractivity contribution >= 4 is 40.9 Å². The molecule has 0 saturated heterocycles. The van der Waals surface area contributed by atoms with Gasteiger partial charge in [0, 0.05) is 17.1 Å². The van der Waals surface area contributed by atoms with Crippen molar-refractivity contribution in [2.24, 2.45) is 5.73 Å². The molecule has 4 amide bonds. The van der Waals surface area contributed by atoms with Crippen molar-refractivity contribution in [1.82, 2.24) is 5.32 Å². The number of nitrogens with one attached hydrogen (secondary N) is 4. The summed E-state index contributed by atoms with van der Waals surface area (Å²) in [7, 11) is 0. The lowest BCUT2D eigenvalue weighted by Crippen LogP contribution is -2.45. The molecule has 7 N–H and O–H groups in total. The zero-order chi connectivity index (χ0) is 26.8. The van der Waals surface area contributed by atoms with E-state index in [1.165, 1.54) is 24.3 Å². The van der Waals surface area contributed by atoms with Crippen molar-refractivity contribution in [3.05, 3.63) is 89.5 Å². The van der Waals surface area contributed by atoms with Crippen molar-refractivity contribution in [3.8, 4) is 0 Å². The number of urea groups is 1. The monoisotopic (exact) mass is 503 g/mol. The maximum absolute atomic E-state index is 12.7. The summed E-state index contributed by atoms with van der Waals surface area (Å²) >= 11 is 0. The minimum Gasteiger partial charge on any atom is -0.478 e. The topological polar surface area (TPSA) is 163 Å². The average molecular weight is 504 g/mol. The van der Waals surface area contributed by atoms with Crippen LogP contribution in [0.15, 0.2) is 72.8 Å². The molecule has 37 heavy (non-hydrogen) atoms. The van der Waals surface area contributed by atoms with Gasteiger partial charge in [-0.05, 0) is 73.5 Å². The summed E-state index contributed by atoms with van der Waals surface area (Å²) in [6.07, 6.45) is 0.251. The zero-order valence-corrected chi connectivity index (χ0v) is 20.3. The highest BCUT2D eigenvalue weighted by Crippen LogP contribution is 2.15. The molecule has 0 heterocycles. The Morgan fingerprint density at radius 3 is 2.08 bits per heavy atom. The van der Waals surface area contributed by atoms with Gasteiger partial charge in [0.05, 0.1) is 12.0 Å². The van der Waals surface area contributed by atoms with Gasteiger partial charge in [-0.3, -0.25) is 9.59 Å². The van der Waals surface area contributed by atoms with Gasteiger partial charge in [0.2, 0.25) is 11.8 Å². The van der Waals surface area contributed by atoms with Crippen molar-refractivity contribution in [3.63, 3.8) is 0 Å². The largest absolute Gasteiger partial charge is 0.478 e. The molecular weight excluding hydrogens is 474 g/mol. The van der Waals surface area contributed by atoms with Gasteiger partial charge in [-0.1, -0.05) is 30.3 Å². The lowest BCUT2D eigenvalue weighted by molar-refractivity contribution is -0.126. The molecule has 0 radical (unpaired) electrons. The number of nitrogens with two attached hydrogens (primary N) is 1. The highest BCUT2D eigenvalue weighted by atomic mass is 16.4. The first-order chi connectivity index (χ1) is 17.7. The Hall–Kier alpha value is -4.70. The Morgan fingerprint density at radius 2 is 1.46 bits per heavy atom. The molecule has 0 spiro atoms. The molecule has 192 valence electrons.